The van der Waals surface area contributed by atoms with Crippen LogP contribution < -0.4 is 4.74 Å². The van der Waals surface area contributed by atoms with E-state index >= 15 is 0 Å². The molecule has 1 aromatic rings. The molecule has 0 aromatic heterocycles. The molecule has 3 rings (SSSR count). The summed E-state index contributed by atoms with van der Waals surface area (Å²) in [5.41, 5.74) is 2.61. The van der Waals surface area contributed by atoms with Crippen molar-refractivity contribution in [3.05, 3.63) is 27.7 Å². The Labute approximate surface area is 146 Å². The molecule has 1 fully saturated rings. The fraction of sp³-hybridized carbons (Fsp3) is 0.632. The van der Waals surface area contributed by atoms with Crippen molar-refractivity contribution < 1.29 is 14.3 Å². The van der Waals surface area contributed by atoms with Crippen molar-refractivity contribution in [1.29, 1.82) is 0 Å². The summed E-state index contributed by atoms with van der Waals surface area (Å²) in [6, 6.07) is 4.23. The van der Waals surface area contributed by atoms with Crippen LogP contribution in [0.1, 0.15) is 68.9 Å². The number of fused-ring (bicyclic) bond motifs is 1. The Morgan fingerprint density at radius 3 is 2.74 bits per heavy atom. The van der Waals surface area contributed by atoms with Crippen LogP contribution in [0.2, 0.25) is 0 Å². The van der Waals surface area contributed by atoms with Gasteiger partial charge in [0, 0.05) is 0 Å². The van der Waals surface area contributed by atoms with Crippen LogP contribution in [-0.2, 0) is 16.0 Å². The predicted molar refractivity (Wildman–Crippen MR) is 94.0 cm³/mol. The van der Waals surface area contributed by atoms with Crippen LogP contribution in [0.15, 0.2) is 16.6 Å². The molecule has 0 spiro atoms. The highest BCUT2D eigenvalue weighted by atomic mass is 79.9. The minimum Gasteiger partial charge on any atom is -0.489 e. The van der Waals surface area contributed by atoms with Gasteiger partial charge in [-0.15, -0.1) is 0 Å². The Balaban J connectivity index is 1.78. The molecule has 0 bridgehead atoms. The molecule has 3 nitrogen and oxygen atoms in total. The summed E-state index contributed by atoms with van der Waals surface area (Å²) in [5, 5.41) is 0. The zero-order valence-corrected chi connectivity index (χ0v) is 15.4. The standard InChI is InChI=1S/C19H25BrO3/c1-2-22-18(21)12-13-6-5-9-16-15(13)10-11-17(19(16)20)23-14-7-3-4-8-14/h10-11,13-14H,2-9,12H2,1H3. The molecule has 2 aliphatic rings. The van der Waals surface area contributed by atoms with Gasteiger partial charge in [-0.3, -0.25) is 4.79 Å². The van der Waals surface area contributed by atoms with E-state index in [0.717, 1.165) is 42.3 Å². The first-order valence-electron chi connectivity index (χ1n) is 8.82. The third kappa shape index (κ3) is 3.90. The van der Waals surface area contributed by atoms with Gasteiger partial charge in [0.1, 0.15) is 5.75 Å². The second-order valence-electron chi connectivity index (χ2n) is 6.57. The predicted octanol–water partition coefficient (Wildman–Crippen LogP) is 5.14. The fourth-order valence-corrected chi connectivity index (χ4v) is 4.49. The first-order chi connectivity index (χ1) is 11.2. The highest BCUT2D eigenvalue weighted by Crippen LogP contribution is 2.42. The van der Waals surface area contributed by atoms with E-state index in [1.165, 1.54) is 24.0 Å². The third-order valence-corrected chi connectivity index (χ3v) is 5.85. The number of benzene rings is 1. The van der Waals surface area contributed by atoms with Gasteiger partial charge in [0.2, 0.25) is 0 Å². The van der Waals surface area contributed by atoms with Crippen molar-refractivity contribution in [2.24, 2.45) is 0 Å². The molecular weight excluding hydrogens is 356 g/mol. The maximum Gasteiger partial charge on any atom is 0.306 e. The smallest absolute Gasteiger partial charge is 0.306 e. The quantitative estimate of drug-likeness (QED) is 0.663. The summed E-state index contributed by atoms with van der Waals surface area (Å²) < 4.78 is 12.4. The molecule has 126 valence electrons. The molecule has 23 heavy (non-hydrogen) atoms. The molecule has 1 unspecified atom stereocenters. The summed E-state index contributed by atoms with van der Waals surface area (Å²) in [6.07, 6.45) is 8.94. The number of carbonyl (C=O) groups excluding carboxylic acids is 1. The highest BCUT2D eigenvalue weighted by molar-refractivity contribution is 9.10. The van der Waals surface area contributed by atoms with Crippen molar-refractivity contribution in [1.82, 2.24) is 0 Å². The van der Waals surface area contributed by atoms with E-state index in [-0.39, 0.29) is 11.9 Å². The van der Waals surface area contributed by atoms with Crippen LogP contribution in [0.3, 0.4) is 0 Å². The summed E-state index contributed by atoms with van der Waals surface area (Å²) in [6.45, 7) is 2.31. The Kier molecular flexibility index (Phi) is 5.62. The Bertz CT molecular complexity index is 564. The number of ether oxygens (including phenoxy) is 2. The second kappa shape index (κ2) is 7.69. The molecule has 0 aliphatic heterocycles. The number of hydrogen-bond donors (Lipinski definition) is 0. The average molecular weight is 381 g/mol. The van der Waals surface area contributed by atoms with Gasteiger partial charge in [-0.2, -0.15) is 0 Å². The molecule has 0 amide bonds. The lowest BCUT2D eigenvalue weighted by Crippen LogP contribution is -2.17. The molecule has 1 aromatic carbocycles. The molecule has 0 saturated heterocycles. The largest absolute Gasteiger partial charge is 0.489 e. The van der Waals surface area contributed by atoms with Gasteiger partial charge in [0.15, 0.2) is 0 Å². The van der Waals surface area contributed by atoms with Crippen molar-refractivity contribution >= 4 is 21.9 Å². The number of rotatable bonds is 5. The molecule has 2 aliphatic carbocycles. The van der Waals surface area contributed by atoms with E-state index in [1.807, 2.05) is 6.92 Å². The summed E-state index contributed by atoms with van der Waals surface area (Å²) in [7, 11) is 0. The monoisotopic (exact) mass is 380 g/mol. The van der Waals surface area contributed by atoms with E-state index in [4.69, 9.17) is 9.47 Å². The van der Waals surface area contributed by atoms with Crippen molar-refractivity contribution in [2.45, 2.75) is 70.3 Å². The van der Waals surface area contributed by atoms with Crippen LogP contribution in [0.5, 0.6) is 5.75 Å². The van der Waals surface area contributed by atoms with Crippen LogP contribution in [0.4, 0.5) is 0 Å². The van der Waals surface area contributed by atoms with E-state index in [2.05, 4.69) is 28.1 Å². The molecule has 1 saturated carbocycles. The van der Waals surface area contributed by atoms with Crippen molar-refractivity contribution in [3.63, 3.8) is 0 Å². The minimum absolute atomic E-state index is 0.0900. The van der Waals surface area contributed by atoms with E-state index in [1.54, 1.807) is 0 Å². The Hall–Kier alpha value is -1.03. The zero-order chi connectivity index (χ0) is 16.2. The van der Waals surface area contributed by atoms with Gasteiger partial charge in [-0.1, -0.05) is 6.07 Å². The number of halogens is 1. The first kappa shape index (κ1) is 16.8. The Morgan fingerprint density at radius 1 is 1.22 bits per heavy atom. The van der Waals surface area contributed by atoms with Crippen LogP contribution >= 0.6 is 15.9 Å². The summed E-state index contributed by atoms with van der Waals surface area (Å²) in [4.78, 5) is 11.8. The number of hydrogen-bond acceptors (Lipinski definition) is 3. The van der Waals surface area contributed by atoms with Crippen LogP contribution in [-0.4, -0.2) is 18.7 Å². The van der Waals surface area contributed by atoms with Gasteiger partial charge < -0.3 is 9.47 Å². The number of esters is 1. The molecular formula is C19H25BrO3. The van der Waals surface area contributed by atoms with Gasteiger partial charge in [-0.25, -0.2) is 0 Å². The SMILES string of the molecule is CCOC(=O)CC1CCCc2c1ccc(OC1CCCC1)c2Br. The van der Waals surface area contributed by atoms with Crippen molar-refractivity contribution in [2.75, 3.05) is 6.61 Å². The summed E-state index contributed by atoms with van der Waals surface area (Å²) in [5.74, 6) is 1.15. The van der Waals surface area contributed by atoms with E-state index < -0.39 is 0 Å². The maximum absolute atomic E-state index is 11.8. The van der Waals surface area contributed by atoms with Gasteiger partial charge >= 0.3 is 5.97 Å². The van der Waals surface area contributed by atoms with Crippen molar-refractivity contribution in [3.8, 4) is 5.75 Å². The zero-order valence-electron chi connectivity index (χ0n) is 13.8. The summed E-state index contributed by atoms with van der Waals surface area (Å²) >= 11 is 3.76. The second-order valence-corrected chi connectivity index (χ2v) is 7.36. The van der Waals surface area contributed by atoms with Gasteiger partial charge in [-0.05, 0) is 90.9 Å². The molecule has 1 atom stereocenters. The van der Waals surface area contributed by atoms with Gasteiger partial charge in [0.25, 0.3) is 0 Å². The molecule has 4 heteroatoms. The lowest BCUT2D eigenvalue weighted by Gasteiger charge is -2.27. The van der Waals surface area contributed by atoms with Crippen LogP contribution in [0.25, 0.3) is 0 Å². The average Bonchev–Trinajstić information content (AvgIpc) is 3.04. The molecule has 0 radical (unpaired) electrons. The normalized spacial score (nSPS) is 21.0. The maximum atomic E-state index is 11.8. The first-order valence-corrected chi connectivity index (χ1v) is 9.62. The fourth-order valence-electron chi connectivity index (χ4n) is 3.84. The Morgan fingerprint density at radius 2 is 2.00 bits per heavy atom. The lowest BCUT2D eigenvalue weighted by molar-refractivity contribution is -0.143. The molecule has 0 heterocycles. The topological polar surface area (TPSA) is 35.5 Å². The third-order valence-electron chi connectivity index (χ3n) is 4.98. The van der Waals surface area contributed by atoms with E-state index in [0.29, 0.717) is 19.1 Å². The van der Waals surface area contributed by atoms with E-state index in [9.17, 15) is 4.79 Å². The minimum atomic E-state index is -0.0900. The number of carbonyl (C=O) groups is 1. The highest BCUT2D eigenvalue weighted by Gasteiger charge is 2.27. The van der Waals surface area contributed by atoms with Gasteiger partial charge in [0.05, 0.1) is 23.6 Å². The van der Waals surface area contributed by atoms with Crippen LogP contribution in [0, 0.1) is 0 Å². The lowest BCUT2D eigenvalue weighted by atomic mass is 9.81. The molecule has 0 N–H and O–H groups in total.